The molecule has 0 bridgehead atoms. The Hall–Kier alpha value is -1.47. The van der Waals surface area contributed by atoms with Gasteiger partial charge in [-0.2, -0.15) is 0 Å². The van der Waals surface area contributed by atoms with Crippen LogP contribution in [0.15, 0.2) is 60.9 Å². The first-order chi connectivity index (χ1) is 7.08. The highest BCUT2D eigenvalue weighted by Crippen LogP contribution is 2.17. The number of hydrogen-bond donors (Lipinski definition) is 0. The van der Waals surface area contributed by atoms with Gasteiger partial charge in [-0.15, -0.1) is 0 Å². The summed E-state index contributed by atoms with van der Waals surface area (Å²) in [5.41, 5.74) is 0.954. The van der Waals surface area contributed by atoms with Crippen molar-refractivity contribution in [1.82, 2.24) is 0 Å². The fourth-order valence-electron chi connectivity index (χ4n) is 0.923. The summed E-state index contributed by atoms with van der Waals surface area (Å²) in [6.45, 7) is 9.41. The van der Waals surface area contributed by atoms with E-state index < -0.39 is 0 Å². The van der Waals surface area contributed by atoms with Gasteiger partial charge in [-0.25, -0.2) is 0 Å². The zero-order valence-electron chi connectivity index (χ0n) is 8.66. The van der Waals surface area contributed by atoms with Crippen molar-refractivity contribution in [2.24, 2.45) is 0 Å². The van der Waals surface area contributed by atoms with E-state index in [4.69, 9.17) is 16.3 Å². The lowest BCUT2D eigenvalue weighted by atomic mass is 10.3. The van der Waals surface area contributed by atoms with Crippen molar-refractivity contribution in [3.63, 3.8) is 0 Å². The molecule has 0 saturated heterocycles. The van der Waals surface area contributed by atoms with Gasteiger partial charge in [0.1, 0.15) is 11.5 Å². The fraction of sp³-hybridized carbons (Fsp3) is 0.0769. The summed E-state index contributed by atoms with van der Waals surface area (Å²) in [5.74, 6) is 1.29. The van der Waals surface area contributed by atoms with E-state index in [-0.39, 0.29) is 0 Å². The molecule has 0 aliphatic carbocycles. The van der Waals surface area contributed by atoms with E-state index in [1.807, 2.05) is 13.0 Å². The van der Waals surface area contributed by atoms with Crippen LogP contribution < -0.4 is 4.74 Å². The molecular formula is C13H13ClO. The van der Waals surface area contributed by atoms with Crippen molar-refractivity contribution in [2.45, 2.75) is 6.92 Å². The average Bonchev–Trinajstić information content (AvgIpc) is 2.19. The van der Waals surface area contributed by atoms with Crippen LogP contribution in [0.3, 0.4) is 0 Å². The Morgan fingerprint density at radius 1 is 1.20 bits per heavy atom. The van der Waals surface area contributed by atoms with Crippen molar-refractivity contribution in [1.29, 1.82) is 0 Å². The molecule has 0 spiro atoms. The molecule has 0 aliphatic rings. The van der Waals surface area contributed by atoms with Crippen LogP contribution in [-0.4, -0.2) is 0 Å². The summed E-state index contributed by atoms with van der Waals surface area (Å²) in [6.07, 6.45) is 3.62. The zero-order valence-corrected chi connectivity index (χ0v) is 9.42. The molecule has 0 heterocycles. The number of hydrogen-bond acceptors (Lipinski definition) is 1. The zero-order chi connectivity index (χ0) is 11.3. The van der Waals surface area contributed by atoms with Crippen LogP contribution >= 0.6 is 11.6 Å². The molecule has 0 radical (unpaired) electrons. The molecule has 78 valence electrons. The Morgan fingerprint density at radius 2 is 1.80 bits per heavy atom. The molecule has 0 aliphatic heterocycles. The van der Waals surface area contributed by atoms with E-state index in [1.54, 1.807) is 30.3 Å². The van der Waals surface area contributed by atoms with Gasteiger partial charge in [-0.3, -0.25) is 0 Å². The second kappa shape index (κ2) is 5.42. The van der Waals surface area contributed by atoms with Gasteiger partial charge in [0.2, 0.25) is 0 Å². The van der Waals surface area contributed by atoms with Gasteiger partial charge in [0, 0.05) is 5.02 Å². The lowest BCUT2D eigenvalue weighted by molar-refractivity contribution is 0.447. The van der Waals surface area contributed by atoms with E-state index in [0.29, 0.717) is 10.8 Å². The Bertz CT molecular complexity index is 388. The second-order valence-corrected chi connectivity index (χ2v) is 3.64. The standard InChI is InChI=1S/C13H13ClO/c1-10(2)4-5-11(3)15-13-8-6-12(14)7-9-13/h4-9H,1,3H2,2H3/b5-4-. The lowest BCUT2D eigenvalue weighted by Crippen LogP contribution is -1.89. The summed E-state index contributed by atoms with van der Waals surface area (Å²) in [4.78, 5) is 0. The maximum Gasteiger partial charge on any atom is 0.127 e. The van der Waals surface area contributed by atoms with Gasteiger partial charge in [-0.1, -0.05) is 36.4 Å². The molecule has 0 N–H and O–H groups in total. The van der Waals surface area contributed by atoms with E-state index in [0.717, 1.165) is 11.3 Å². The number of halogens is 1. The normalized spacial score (nSPS) is 10.3. The predicted octanol–water partition coefficient (Wildman–Crippen LogP) is 4.36. The van der Waals surface area contributed by atoms with Crippen LogP contribution in [-0.2, 0) is 0 Å². The Labute approximate surface area is 95.3 Å². The van der Waals surface area contributed by atoms with Crippen molar-refractivity contribution in [3.05, 3.63) is 65.9 Å². The molecule has 0 unspecified atom stereocenters. The molecule has 1 nitrogen and oxygen atoms in total. The first-order valence-corrected chi connectivity index (χ1v) is 4.91. The molecule has 1 aromatic carbocycles. The third-order valence-corrected chi connectivity index (χ3v) is 1.87. The van der Waals surface area contributed by atoms with Crippen LogP contribution in [0.1, 0.15) is 6.92 Å². The highest BCUT2D eigenvalue weighted by Gasteiger charge is 1.94. The summed E-state index contributed by atoms with van der Waals surface area (Å²) >= 11 is 5.75. The molecule has 0 amide bonds. The summed E-state index contributed by atoms with van der Waals surface area (Å²) in [6, 6.07) is 7.13. The van der Waals surface area contributed by atoms with Crippen molar-refractivity contribution >= 4 is 11.6 Å². The number of benzene rings is 1. The van der Waals surface area contributed by atoms with E-state index in [2.05, 4.69) is 13.2 Å². The SMILES string of the molecule is C=C(C)/C=C\C(=C)Oc1ccc(Cl)cc1. The van der Waals surface area contributed by atoms with E-state index in [1.165, 1.54) is 0 Å². The van der Waals surface area contributed by atoms with Crippen LogP contribution in [0.5, 0.6) is 5.75 Å². The van der Waals surface area contributed by atoms with Gasteiger partial charge < -0.3 is 4.74 Å². The fourth-order valence-corrected chi connectivity index (χ4v) is 1.05. The monoisotopic (exact) mass is 220 g/mol. The molecule has 2 heteroatoms. The van der Waals surface area contributed by atoms with Crippen LogP contribution in [0.2, 0.25) is 5.02 Å². The molecule has 0 fully saturated rings. The molecule has 15 heavy (non-hydrogen) atoms. The summed E-state index contributed by atoms with van der Waals surface area (Å²) in [5, 5.41) is 0.686. The molecule has 0 atom stereocenters. The van der Waals surface area contributed by atoms with Gasteiger partial charge in [0.05, 0.1) is 0 Å². The minimum absolute atomic E-state index is 0.570. The molecule has 0 aromatic heterocycles. The largest absolute Gasteiger partial charge is 0.458 e. The summed E-state index contributed by atoms with van der Waals surface area (Å²) < 4.78 is 5.44. The maximum atomic E-state index is 5.75. The lowest BCUT2D eigenvalue weighted by Gasteiger charge is -2.04. The average molecular weight is 221 g/mol. The Kier molecular flexibility index (Phi) is 4.19. The molecule has 1 rings (SSSR count). The van der Waals surface area contributed by atoms with Gasteiger partial charge in [0.15, 0.2) is 0 Å². The highest BCUT2D eigenvalue weighted by atomic mass is 35.5. The van der Waals surface area contributed by atoms with E-state index >= 15 is 0 Å². The first kappa shape index (κ1) is 11.6. The van der Waals surface area contributed by atoms with Gasteiger partial charge >= 0.3 is 0 Å². The first-order valence-electron chi connectivity index (χ1n) is 4.54. The van der Waals surface area contributed by atoms with Gasteiger partial charge in [-0.05, 0) is 37.3 Å². The Morgan fingerprint density at radius 3 is 2.33 bits per heavy atom. The minimum atomic E-state index is 0.570. The van der Waals surface area contributed by atoms with Crippen LogP contribution in [0.4, 0.5) is 0 Å². The quantitative estimate of drug-likeness (QED) is 0.541. The molecule has 0 saturated carbocycles. The van der Waals surface area contributed by atoms with Crippen LogP contribution in [0, 0.1) is 0 Å². The molecular weight excluding hydrogens is 208 g/mol. The van der Waals surface area contributed by atoms with Crippen LogP contribution in [0.25, 0.3) is 0 Å². The number of ether oxygens (including phenoxy) is 1. The Balaban J connectivity index is 2.59. The summed E-state index contributed by atoms with van der Waals surface area (Å²) in [7, 11) is 0. The third kappa shape index (κ3) is 4.52. The molecule has 1 aromatic rings. The highest BCUT2D eigenvalue weighted by molar-refractivity contribution is 6.30. The smallest absolute Gasteiger partial charge is 0.127 e. The van der Waals surface area contributed by atoms with Crippen molar-refractivity contribution < 1.29 is 4.74 Å². The topological polar surface area (TPSA) is 9.23 Å². The number of rotatable bonds is 4. The third-order valence-electron chi connectivity index (χ3n) is 1.62. The van der Waals surface area contributed by atoms with Crippen molar-refractivity contribution in [2.75, 3.05) is 0 Å². The number of allylic oxidation sites excluding steroid dienone is 3. The second-order valence-electron chi connectivity index (χ2n) is 3.20. The maximum absolute atomic E-state index is 5.75. The van der Waals surface area contributed by atoms with E-state index in [9.17, 15) is 0 Å². The van der Waals surface area contributed by atoms with Gasteiger partial charge in [0.25, 0.3) is 0 Å². The minimum Gasteiger partial charge on any atom is -0.458 e. The van der Waals surface area contributed by atoms with Crippen molar-refractivity contribution in [3.8, 4) is 5.75 Å². The predicted molar refractivity (Wildman–Crippen MR) is 65.2 cm³/mol.